The van der Waals surface area contributed by atoms with Crippen LogP contribution < -0.4 is 10.6 Å². The summed E-state index contributed by atoms with van der Waals surface area (Å²) in [5.41, 5.74) is 4.41. The van der Waals surface area contributed by atoms with Gasteiger partial charge in [0.05, 0.1) is 0 Å². The molecule has 2 rings (SSSR count). The number of benzene rings is 1. The third-order valence-electron chi connectivity index (χ3n) is 3.46. The summed E-state index contributed by atoms with van der Waals surface area (Å²) in [6.45, 7) is 9.01. The average Bonchev–Trinajstić information content (AvgIpc) is 2.77. The summed E-state index contributed by atoms with van der Waals surface area (Å²) in [5.74, 6) is 0.0362. The predicted molar refractivity (Wildman–Crippen MR) is 91.2 cm³/mol. The van der Waals surface area contributed by atoms with Crippen molar-refractivity contribution >= 4 is 28.6 Å². The van der Waals surface area contributed by atoms with Gasteiger partial charge in [0.1, 0.15) is 0 Å². The van der Waals surface area contributed by atoms with E-state index in [0.29, 0.717) is 6.42 Å². The third kappa shape index (κ3) is 4.08. The number of amides is 1. The number of carbonyl (C=O) groups is 1. The van der Waals surface area contributed by atoms with Crippen molar-refractivity contribution in [3.05, 3.63) is 45.1 Å². The summed E-state index contributed by atoms with van der Waals surface area (Å²) in [5, 5.41) is 6.37. The molecule has 1 aromatic heterocycles. The number of nitrogens with one attached hydrogen (secondary N) is 2. The number of carbonyl (C=O) groups excluding carboxylic acids is 1. The van der Waals surface area contributed by atoms with Gasteiger partial charge in [-0.25, -0.2) is 0 Å². The van der Waals surface area contributed by atoms with Crippen molar-refractivity contribution in [1.29, 1.82) is 0 Å². The van der Waals surface area contributed by atoms with Gasteiger partial charge in [-0.3, -0.25) is 4.79 Å². The van der Waals surface area contributed by atoms with Crippen LogP contribution in [0.5, 0.6) is 0 Å². The second kappa shape index (κ2) is 6.76. The highest BCUT2D eigenvalue weighted by atomic mass is 32.1. The zero-order chi connectivity index (χ0) is 15.4. The fourth-order valence-electron chi connectivity index (χ4n) is 2.19. The van der Waals surface area contributed by atoms with E-state index in [1.54, 1.807) is 0 Å². The molecule has 0 unspecified atom stereocenters. The maximum atomic E-state index is 11.5. The van der Waals surface area contributed by atoms with E-state index in [1.165, 1.54) is 20.9 Å². The molecule has 0 aliphatic heterocycles. The highest BCUT2D eigenvalue weighted by molar-refractivity contribution is 7.12. The lowest BCUT2D eigenvalue weighted by molar-refractivity contribution is -0.115. The molecule has 0 saturated carbocycles. The summed E-state index contributed by atoms with van der Waals surface area (Å²) < 4.78 is 0. The van der Waals surface area contributed by atoms with Crippen LogP contribution in [-0.4, -0.2) is 5.91 Å². The maximum absolute atomic E-state index is 11.5. The van der Waals surface area contributed by atoms with E-state index < -0.39 is 0 Å². The number of rotatable bonds is 5. The second-order valence-corrected chi connectivity index (χ2v) is 6.68. The van der Waals surface area contributed by atoms with Crippen molar-refractivity contribution in [1.82, 2.24) is 0 Å². The summed E-state index contributed by atoms with van der Waals surface area (Å²) in [6, 6.07) is 8.19. The molecule has 0 bridgehead atoms. The summed E-state index contributed by atoms with van der Waals surface area (Å²) in [4.78, 5) is 14.2. The number of hydrogen-bond donors (Lipinski definition) is 2. The van der Waals surface area contributed by atoms with E-state index in [-0.39, 0.29) is 5.91 Å². The molecule has 112 valence electrons. The predicted octanol–water partition coefficient (Wildman–Crippen LogP) is 4.63. The number of aryl methyl sites for hydroxylation is 3. The minimum atomic E-state index is 0.0362. The maximum Gasteiger partial charge on any atom is 0.224 e. The van der Waals surface area contributed by atoms with Crippen molar-refractivity contribution in [2.24, 2.45) is 0 Å². The summed E-state index contributed by atoms with van der Waals surface area (Å²) in [6.07, 6.45) is 0.490. The normalized spacial score (nSPS) is 10.5. The lowest BCUT2D eigenvalue weighted by Crippen LogP contribution is -2.10. The Labute approximate surface area is 130 Å². The monoisotopic (exact) mass is 302 g/mol. The van der Waals surface area contributed by atoms with Gasteiger partial charge in [0.2, 0.25) is 5.91 Å². The lowest BCUT2D eigenvalue weighted by atomic mass is 10.1. The van der Waals surface area contributed by atoms with Gasteiger partial charge in [-0.15, -0.1) is 11.3 Å². The van der Waals surface area contributed by atoms with Crippen LogP contribution in [0.2, 0.25) is 0 Å². The minimum absolute atomic E-state index is 0.0362. The molecule has 1 amide bonds. The smallest absolute Gasteiger partial charge is 0.224 e. The van der Waals surface area contributed by atoms with E-state index in [1.807, 2.05) is 36.5 Å². The van der Waals surface area contributed by atoms with E-state index in [4.69, 9.17) is 0 Å². The molecule has 0 radical (unpaired) electrons. The molecule has 0 aliphatic carbocycles. The molecule has 2 N–H and O–H groups in total. The number of anilines is 2. The standard InChI is InChI=1S/C17H22N2OS/c1-5-17(20)19-15-7-6-11(2)16(9-15)18-10-14-8-12(3)21-13(14)4/h6-9,18H,5,10H2,1-4H3,(H,19,20). The van der Waals surface area contributed by atoms with Gasteiger partial charge in [-0.1, -0.05) is 13.0 Å². The Morgan fingerprint density at radius 2 is 1.95 bits per heavy atom. The number of hydrogen-bond acceptors (Lipinski definition) is 3. The molecule has 0 aliphatic rings. The van der Waals surface area contributed by atoms with Crippen LogP contribution in [0.4, 0.5) is 11.4 Å². The molecule has 1 heterocycles. The van der Waals surface area contributed by atoms with Gasteiger partial charge in [0.15, 0.2) is 0 Å². The Morgan fingerprint density at radius 1 is 1.19 bits per heavy atom. The SMILES string of the molecule is CCC(=O)Nc1ccc(C)c(NCc2cc(C)sc2C)c1. The quantitative estimate of drug-likeness (QED) is 0.845. The minimum Gasteiger partial charge on any atom is -0.381 e. The van der Waals surface area contributed by atoms with E-state index >= 15 is 0 Å². The molecule has 0 spiro atoms. The fourth-order valence-corrected chi connectivity index (χ4v) is 3.14. The van der Waals surface area contributed by atoms with Crippen molar-refractivity contribution in [2.75, 3.05) is 10.6 Å². The van der Waals surface area contributed by atoms with Crippen molar-refractivity contribution < 1.29 is 4.79 Å². The molecular weight excluding hydrogens is 280 g/mol. The Hall–Kier alpha value is -1.81. The zero-order valence-electron chi connectivity index (χ0n) is 13.0. The van der Waals surface area contributed by atoms with Crippen LogP contribution in [0.3, 0.4) is 0 Å². The van der Waals surface area contributed by atoms with Crippen LogP contribution in [-0.2, 0) is 11.3 Å². The Balaban J connectivity index is 2.10. The molecule has 4 heteroatoms. The van der Waals surface area contributed by atoms with E-state index in [2.05, 4.69) is 37.5 Å². The molecule has 0 saturated heterocycles. The van der Waals surface area contributed by atoms with Crippen LogP contribution in [0.25, 0.3) is 0 Å². The molecule has 2 aromatic rings. The van der Waals surface area contributed by atoms with Gasteiger partial charge < -0.3 is 10.6 Å². The van der Waals surface area contributed by atoms with Crippen LogP contribution in [0, 0.1) is 20.8 Å². The summed E-state index contributed by atoms with van der Waals surface area (Å²) >= 11 is 1.83. The van der Waals surface area contributed by atoms with Crippen LogP contribution >= 0.6 is 11.3 Å². The highest BCUT2D eigenvalue weighted by Crippen LogP contribution is 2.24. The molecular formula is C17H22N2OS. The molecule has 1 aromatic carbocycles. The van der Waals surface area contributed by atoms with Crippen LogP contribution in [0.15, 0.2) is 24.3 Å². The molecule has 0 fully saturated rings. The van der Waals surface area contributed by atoms with Gasteiger partial charge in [-0.2, -0.15) is 0 Å². The van der Waals surface area contributed by atoms with Crippen molar-refractivity contribution in [2.45, 2.75) is 40.7 Å². The van der Waals surface area contributed by atoms with Gasteiger partial charge in [0, 0.05) is 34.1 Å². The third-order valence-corrected chi connectivity index (χ3v) is 4.46. The Kier molecular flexibility index (Phi) is 5.02. The first-order valence-electron chi connectivity index (χ1n) is 7.20. The summed E-state index contributed by atoms with van der Waals surface area (Å²) in [7, 11) is 0. The molecule has 0 atom stereocenters. The Morgan fingerprint density at radius 3 is 2.57 bits per heavy atom. The van der Waals surface area contributed by atoms with Gasteiger partial charge >= 0.3 is 0 Å². The number of thiophene rings is 1. The van der Waals surface area contributed by atoms with E-state index in [9.17, 15) is 4.79 Å². The van der Waals surface area contributed by atoms with Crippen molar-refractivity contribution in [3.8, 4) is 0 Å². The van der Waals surface area contributed by atoms with E-state index in [0.717, 1.165) is 17.9 Å². The second-order valence-electron chi connectivity index (χ2n) is 5.22. The first-order chi connectivity index (χ1) is 9.99. The van der Waals surface area contributed by atoms with Crippen molar-refractivity contribution in [3.63, 3.8) is 0 Å². The fraction of sp³-hybridized carbons (Fsp3) is 0.353. The topological polar surface area (TPSA) is 41.1 Å². The van der Waals surface area contributed by atoms with Gasteiger partial charge in [-0.05, 0) is 50.1 Å². The largest absolute Gasteiger partial charge is 0.381 e. The Bertz CT molecular complexity index is 646. The average molecular weight is 302 g/mol. The first kappa shape index (κ1) is 15.6. The zero-order valence-corrected chi connectivity index (χ0v) is 13.9. The first-order valence-corrected chi connectivity index (χ1v) is 8.01. The van der Waals surface area contributed by atoms with Crippen LogP contribution in [0.1, 0.15) is 34.2 Å². The molecule has 3 nitrogen and oxygen atoms in total. The lowest BCUT2D eigenvalue weighted by Gasteiger charge is -2.12. The van der Waals surface area contributed by atoms with Gasteiger partial charge in [0.25, 0.3) is 0 Å². The molecule has 21 heavy (non-hydrogen) atoms. The highest BCUT2D eigenvalue weighted by Gasteiger charge is 2.06.